The molecule has 1 N–H and O–H groups in total. The number of rotatable bonds is 3. The monoisotopic (exact) mass is 139 g/mol. The molecular weight excluding hydrogens is 126 g/mol. The number of terminal acetylenes is 1. The van der Waals surface area contributed by atoms with Crippen LogP contribution in [0.2, 0.25) is 0 Å². The lowest BCUT2D eigenvalue weighted by atomic mass is 10.1. The number of unbranched alkanes of at least 4 members (excludes halogenated alkanes) is 1. The molecule has 1 heterocycles. The normalized spacial score (nSPS) is 20.0. The van der Waals surface area contributed by atoms with Crippen LogP contribution in [0.15, 0.2) is 0 Å². The van der Waals surface area contributed by atoms with Gasteiger partial charge in [0, 0.05) is 19.5 Å². The molecule has 2 nitrogen and oxygen atoms in total. The first-order valence-corrected chi connectivity index (χ1v) is 3.67. The summed E-state index contributed by atoms with van der Waals surface area (Å²) in [6.07, 6.45) is 6.92. The number of hydrogen-bond acceptors (Lipinski definition) is 2. The quantitative estimate of drug-likeness (QED) is 0.442. The van der Waals surface area contributed by atoms with Gasteiger partial charge in [0.1, 0.15) is 0 Å². The molecule has 1 aliphatic heterocycles. The topological polar surface area (TPSA) is 23.5 Å². The maximum Gasteiger partial charge on any atom is 0.0793 e. The van der Waals surface area contributed by atoms with Crippen molar-refractivity contribution in [2.75, 3.05) is 19.6 Å². The predicted octanol–water partition coefficient (Wildman–Crippen LogP) is 0.0763. The smallest absolute Gasteiger partial charge is 0.0793 e. The van der Waals surface area contributed by atoms with Crippen LogP contribution in [0, 0.1) is 12.3 Å². The van der Waals surface area contributed by atoms with E-state index in [-0.39, 0.29) is 6.10 Å². The Bertz CT molecular complexity index is 133. The molecule has 0 aromatic rings. The van der Waals surface area contributed by atoms with E-state index >= 15 is 0 Å². The summed E-state index contributed by atoms with van der Waals surface area (Å²) in [4.78, 5) is 2.21. The highest BCUT2D eigenvalue weighted by molar-refractivity contribution is 4.85. The summed E-state index contributed by atoms with van der Waals surface area (Å²) in [7, 11) is 0. The van der Waals surface area contributed by atoms with Crippen molar-refractivity contribution in [3.63, 3.8) is 0 Å². The molecule has 0 unspecified atom stereocenters. The summed E-state index contributed by atoms with van der Waals surface area (Å²) >= 11 is 0. The lowest BCUT2D eigenvalue weighted by Crippen LogP contribution is -2.50. The van der Waals surface area contributed by atoms with Gasteiger partial charge in [-0.3, -0.25) is 4.90 Å². The number of nitrogens with zero attached hydrogens (tertiary/aromatic N) is 1. The molecule has 0 aliphatic carbocycles. The Labute approximate surface area is 61.8 Å². The maximum absolute atomic E-state index is 8.89. The van der Waals surface area contributed by atoms with Gasteiger partial charge >= 0.3 is 0 Å². The van der Waals surface area contributed by atoms with Gasteiger partial charge in [-0.05, 0) is 13.0 Å². The van der Waals surface area contributed by atoms with Crippen LogP contribution in [0.5, 0.6) is 0 Å². The Kier molecular flexibility index (Phi) is 2.73. The summed E-state index contributed by atoms with van der Waals surface area (Å²) in [5.74, 6) is 2.59. The molecule has 56 valence electrons. The van der Waals surface area contributed by atoms with Crippen LogP contribution in [0.1, 0.15) is 12.8 Å². The molecule has 0 amide bonds. The third-order valence-electron chi connectivity index (χ3n) is 1.73. The summed E-state index contributed by atoms with van der Waals surface area (Å²) in [5.41, 5.74) is 0. The molecule has 0 aromatic carbocycles. The van der Waals surface area contributed by atoms with Gasteiger partial charge in [-0.1, -0.05) is 0 Å². The number of aliphatic hydroxyl groups is 1. The highest BCUT2D eigenvalue weighted by Crippen LogP contribution is 2.07. The molecule has 0 atom stereocenters. The summed E-state index contributed by atoms with van der Waals surface area (Å²) in [5, 5.41) is 8.89. The molecule has 10 heavy (non-hydrogen) atoms. The average Bonchev–Trinajstić information content (AvgIpc) is 1.85. The van der Waals surface area contributed by atoms with Gasteiger partial charge in [0.05, 0.1) is 6.10 Å². The fourth-order valence-corrected chi connectivity index (χ4v) is 1.13. The van der Waals surface area contributed by atoms with E-state index in [0.717, 1.165) is 32.5 Å². The summed E-state index contributed by atoms with van der Waals surface area (Å²) in [6, 6.07) is 0. The fraction of sp³-hybridized carbons (Fsp3) is 0.750. The van der Waals surface area contributed by atoms with Crippen LogP contribution in [0.25, 0.3) is 0 Å². The zero-order valence-corrected chi connectivity index (χ0v) is 6.08. The largest absolute Gasteiger partial charge is 0.390 e. The molecule has 2 heteroatoms. The maximum atomic E-state index is 8.89. The summed E-state index contributed by atoms with van der Waals surface area (Å²) in [6.45, 7) is 2.72. The molecule has 0 bridgehead atoms. The second kappa shape index (κ2) is 3.60. The Morgan fingerprint density at radius 2 is 2.30 bits per heavy atom. The van der Waals surface area contributed by atoms with Gasteiger partial charge in [0.25, 0.3) is 0 Å². The van der Waals surface area contributed by atoms with Gasteiger partial charge < -0.3 is 5.11 Å². The lowest BCUT2D eigenvalue weighted by molar-refractivity contribution is 0.00205. The van der Waals surface area contributed by atoms with Crippen molar-refractivity contribution in [3.8, 4) is 12.3 Å². The first-order chi connectivity index (χ1) is 4.83. The van der Waals surface area contributed by atoms with E-state index < -0.39 is 0 Å². The van der Waals surface area contributed by atoms with Gasteiger partial charge in [-0.15, -0.1) is 12.3 Å². The molecule has 0 saturated carbocycles. The van der Waals surface area contributed by atoms with E-state index in [9.17, 15) is 0 Å². The van der Waals surface area contributed by atoms with E-state index in [0.29, 0.717) is 0 Å². The second-order valence-electron chi connectivity index (χ2n) is 2.72. The van der Waals surface area contributed by atoms with Crippen molar-refractivity contribution in [2.24, 2.45) is 0 Å². The Hall–Kier alpha value is -0.520. The molecule has 0 aromatic heterocycles. The van der Waals surface area contributed by atoms with Gasteiger partial charge in [0.2, 0.25) is 0 Å². The van der Waals surface area contributed by atoms with Gasteiger partial charge in [0.15, 0.2) is 0 Å². The molecule has 1 rings (SSSR count). The minimum Gasteiger partial charge on any atom is -0.390 e. The SMILES string of the molecule is C#CCCCN1CC(O)C1. The van der Waals surface area contributed by atoms with E-state index in [2.05, 4.69) is 10.8 Å². The minimum atomic E-state index is -0.0779. The third kappa shape index (κ3) is 2.02. The molecule has 0 spiro atoms. The Balaban J connectivity index is 1.91. The van der Waals surface area contributed by atoms with Crippen molar-refractivity contribution in [3.05, 3.63) is 0 Å². The molecule has 0 radical (unpaired) electrons. The third-order valence-corrected chi connectivity index (χ3v) is 1.73. The van der Waals surface area contributed by atoms with Gasteiger partial charge in [-0.2, -0.15) is 0 Å². The number of likely N-dealkylation sites (tertiary alicyclic amines) is 1. The highest BCUT2D eigenvalue weighted by atomic mass is 16.3. The van der Waals surface area contributed by atoms with Crippen LogP contribution < -0.4 is 0 Å². The van der Waals surface area contributed by atoms with E-state index in [4.69, 9.17) is 11.5 Å². The van der Waals surface area contributed by atoms with Crippen LogP contribution in [0.3, 0.4) is 0 Å². The zero-order valence-electron chi connectivity index (χ0n) is 6.08. The van der Waals surface area contributed by atoms with E-state index in [1.807, 2.05) is 0 Å². The molecule has 1 fully saturated rings. The average molecular weight is 139 g/mol. The van der Waals surface area contributed by atoms with Crippen molar-refractivity contribution < 1.29 is 5.11 Å². The van der Waals surface area contributed by atoms with Crippen LogP contribution in [-0.4, -0.2) is 35.7 Å². The highest BCUT2D eigenvalue weighted by Gasteiger charge is 2.22. The van der Waals surface area contributed by atoms with Crippen molar-refractivity contribution in [1.82, 2.24) is 4.90 Å². The van der Waals surface area contributed by atoms with Gasteiger partial charge in [-0.25, -0.2) is 0 Å². The van der Waals surface area contributed by atoms with Crippen LogP contribution in [-0.2, 0) is 0 Å². The summed E-state index contributed by atoms with van der Waals surface area (Å²) < 4.78 is 0. The van der Waals surface area contributed by atoms with Crippen LogP contribution >= 0.6 is 0 Å². The first kappa shape index (κ1) is 7.59. The standard InChI is InChI=1S/C8H13NO/c1-2-3-4-5-9-6-8(10)7-9/h1,8,10H,3-7H2. The zero-order chi connectivity index (χ0) is 7.40. The van der Waals surface area contributed by atoms with Crippen LogP contribution in [0.4, 0.5) is 0 Å². The van der Waals surface area contributed by atoms with E-state index in [1.54, 1.807) is 0 Å². The molecule has 1 saturated heterocycles. The van der Waals surface area contributed by atoms with E-state index in [1.165, 1.54) is 0 Å². The Morgan fingerprint density at radius 3 is 2.80 bits per heavy atom. The van der Waals surface area contributed by atoms with Crippen molar-refractivity contribution >= 4 is 0 Å². The first-order valence-electron chi connectivity index (χ1n) is 3.67. The van der Waals surface area contributed by atoms with Crippen molar-refractivity contribution in [1.29, 1.82) is 0 Å². The minimum absolute atomic E-state index is 0.0779. The predicted molar refractivity (Wildman–Crippen MR) is 40.5 cm³/mol. The lowest BCUT2D eigenvalue weighted by Gasteiger charge is -2.35. The molecule has 1 aliphatic rings. The number of β-amino-alcohol motifs (C(OH)–C–C–N with tert-alkyl or cyclic N) is 1. The Morgan fingerprint density at radius 1 is 1.60 bits per heavy atom. The number of hydrogen-bond donors (Lipinski definition) is 1. The molecular formula is C8H13NO. The second-order valence-corrected chi connectivity index (χ2v) is 2.72. The number of aliphatic hydroxyl groups excluding tert-OH is 1. The fourth-order valence-electron chi connectivity index (χ4n) is 1.13. The van der Waals surface area contributed by atoms with Crippen molar-refractivity contribution in [2.45, 2.75) is 18.9 Å².